The van der Waals surface area contributed by atoms with Crippen molar-refractivity contribution in [3.63, 3.8) is 0 Å². The second-order valence-electron chi connectivity index (χ2n) is 4.67. The summed E-state index contributed by atoms with van der Waals surface area (Å²) in [5.41, 5.74) is 6.13. The average Bonchev–Trinajstić information content (AvgIpc) is 3.00. The number of esters is 1. The van der Waals surface area contributed by atoms with Crippen LogP contribution in [0.25, 0.3) is 5.69 Å². The van der Waals surface area contributed by atoms with Crippen molar-refractivity contribution < 1.29 is 27.5 Å². The van der Waals surface area contributed by atoms with Crippen molar-refractivity contribution in [3.05, 3.63) is 42.6 Å². The minimum absolute atomic E-state index is 0.154. The molecule has 1 aromatic carbocycles. The van der Waals surface area contributed by atoms with Crippen LogP contribution >= 0.6 is 0 Å². The van der Waals surface area contributed by atoms with Crippen LogP contribution in [0.5, 0.6) is 0 Å². The maximum absolute atomic E-state index is 12.0. The number of para-hydroxylation sites is 1. The highest BCUT2D eigenvalue weighted by molar-refractivity contribution is 5.94. The number of aromatic nitrogens is 2. The van der Waals surface area contributed by atoms with E-state index in [1.54, 1.807) is 30.5 Å². The van der Waals surface area contributed by atoms with E-state index in [0.717, 1.165) is 5.69 Å². The molecule has 0 aliphatic rings. The predicted octanol–water partition coefficient (Wildman–Crippen LogP) is 1.24. The fourth-order valence-electron chi connectivity index (χ4n) is 1.66. The van der Waals surface area contributed by atoms with Crippen molar-refractivity contribution in [2.45, 2.75) is 12.2 Å². The Bertz CT molecular complexity index is 716. The van der Waals surface area contributed by atoms with Gasteiger partial charge < -0.3 is 15.8 Å². The molecule has 0 unspecified atom stereocenters. The zero-order valence-electron chi connectivity index (χ0n) is 12.2. The van der Waals surface area contributed by atoms with Crippen LogP contribution in [0.1, 0.15) is 0 Å². The molecule has 0 aliphatic carbocycles. The number of amides is 1. The van der Waals surface area contributed by atoms with Gasteiger partial charge in [0.05, 0.1) is 5.69 Å². The normalized spacial score (nSPS) is 12.5. The summed E-state index contributed by atoms with van der Waals surface area (Å²) in [5.74, 6) is -3.08. The second kappa shape index (κ2) is 7.13. The predicted molar refractivity (Wildman–Crippen MR) is 77.2 cm³/mol. The Morgan fingerprint density at radius 1 is 1.25 bits per heavy atom. The summed E-state index contributed by atoms with van der Waals surface area (Å²) in [6, 6.07) is 9.05. The van der Waals surface area contributed by atoms with Gasteiger partial charge in [-0.15, -0.1) is 0 Å². The fourth-order valence-corrected chi connectivity index (χ4v) is 1.66. The third kappa shape index (κ3) is 4.56. The van der Waals surface area contributed by atoms with Gasteiger partial charge >= 0.3 is 12.1 Å². The van der Waals surface area contributed by atoms with Crippen LogP contribution in [0.15, 0.2) is 42.6 Å². The van der Waals surface area contributed by atoms with Crippen LogP contribution < -0.4 is 11.1 Å². The van der Waals surface area contributed by atoms with Gasteiger partial charge in [-0.3, -0.25) is 4.79 Å². The van der Waals surface area contributed by atoms with Crippen molar-refractivity contribution in [3.8, 4) is 5.69 Å². The number of benzene rings is 1. The third-order valence-electron chi connectivity index (χ3n) is 2.82. The summed E-state index contributed by atoms with van der Waals surface area (Å²) in [4.78, 5) is 22.3. The smallest absolute Gasteiger partial charge is 0.457 e. The van der Waals surface area contributed by atoms with Crippen molar-refractivity contribution in [2.75, 3.05) is 11.9 Å². The Labute approximate surface area is 134 Å². The van der Waals surface area contributed by atoms with Crippen LogP contribution in [-0.2, 0) is 14.3 Å². The van der Waals surface area contributed by atoms with E-state index in [-0.39, 0.29) is 5.82 Å². The van der Waals surface area contributed by atoms with E-state index in [4.69, 9.17) is 5.73 Å². The number of nitrogens with two attached hydrogens (primary N) is 1. The molecule has 0 bridgehead atoms. The van der Waals surface area contributed by atoms with Crippen LogP contribution in [0.4, 0.5) is 19.0 Å². The highest BCUT2D eigenvalue weighted by Crippen LogP contribution is 2.16. The highest BCUT2D eigenvalue weighted by Gasteiger charge is 2.41. The zero-order chi connectivity index (χ0) is 17.7. The molecule has 0 fully saturated rings. The molecule has 7 nitrogen and oxygen atoms in total. The molecule has 0 radical (unpaired) electrons. The first-order chi connectivity index (χ1) is 11.3. The lowest BCUT2D eigenvalue weighted by Gasteiger charge is -2.12. The van der Waals surface area contributed by atoms with Gasteiger partial charge in [-0.1, -0.05) is 18.2 Å². The standard InChI is InChI=1S/C14H13F3N4O3/c15-14(16,17)13(23)24-8-10(18)12(22)19-11-6-7-21(20-11)9-4-2-1-3-5-9/h1-7,10H,8,18H2,(H,19,20,22)/t10-/m1/s1. The summed E-state index contributed by atoms with van der Waals surface area (Å²) in [6.45, 7) is -0.899. The Balaban J connectivity index is 1.90. The molecule has 1 amide bonds. The zero-order valence-corrected chi connectivity index (χ0v) is 12.2. The summed E-state index contributed by atoms with van der Waals surface area (Å²) in [7, 11) is 0. The van der Waals surface area contributed by atoms with Crippen molar-refractivity contribution in [2.24, 2.45) is 5.73 Å². The molecule has 0 spiro atoms. The van der Waals surface area contributed by atoms with E-state index < -0.39 is 30.7 Å². The van der Waals surface area contributed by atoms with Gasteiger partial charge in [0.25, 0.3) is 0 Å². The number of nitrogens with zero attached hydrogens (tertiary/aromatic N) is 2. The van der Waals surface area contributed by atoms with Gasteiger partial charge in [-0.2, -0.15) is 18.3 Å². The molecule has 24 heavy (non-hydrogen) atoms. The monoisotopic (exact) mass is 342 g/mol. The minimum Gasteiger partial charge on any atom is -0.457 e. The highest BCUT2D eigenvalue weighted by atomic mass is 19.4. The number of hydrogen-bond donors (Lipinski definition) is 2. The lowest BCUT2D eigenvalue weighted by molar-refractivity contribution is -0.200. The molecular formula is C14H13F3N4O3. The molecule has 3 N–H and O–H groups in total. The lowest BCUT2D eigenvalue weighted by atomic mass is 10.3. The molecule has 1 aromatic heterocycles. The number of halogens is 3. The first kappa shape index (κ1) is 17.5. The lowest BCUT2D eigenvalue weighted by Crippen LogP contribution is -2.41. The first-order valence-corrected chi connectivity index (χ1v) is 6.69. The van der Waals surface area contributed by atoms with E-state index in [1.165, 1.54) is 10.7 Å². The molecule has 0 aliphatic heterocycles. The number of carbonyl (C=O) groups excluding carboxylic acids is 2. The Morgan fingerprint density at radius 3 is 2.54 bits per heavy atom. The summed E-state index contributed by atoms with van der Waals surface area (Å²) >= 11 is 0. The maximum Gasteiger partial charge on any atom is 0.490 e. The first-order valence-electron chi connectivity index (χ1n) is 6.69. The van der Waals surface area contributed by atoms with Crippen LogP contribution in [0.2, 0.25) is 0 Å². The maximum atomic E-state index is 12.0. The molecule has 1 atom stereocenters. The Kier molecular flexibility index (Phi) is 5.19. The van der Waals surface area contributed by atoms with E-state index in [9.17, 15) is 22.8 Å². The van der Waals surface area contributed by atoms with Gasteiger partial charge in [-0.25, -0.2) is 9.48 Å². The third-order valence-corrected chi connectivity index (χ3v) is 2.82. The summed E-state index contributed by atoms with van der Waals surface area (Å²) in [5, 5.41) is 6.40. The molecule has 2 rings (SSSR count). The second-order valence-corrected chi connectivity index (χ2v) is 4.67. The summed E-state index contributed by atoms with van der Waals surface area (Å²) < 4.78 is 41.4. The van der Waals surface area contributed by atoms with Gasteiger partial charge in [0, 0.05) is 12.3 Å². The largest absolute Gasteiger partial charge is 0.490 e. The van der Waals surface area contributed by atoms with Gasteiger partial charge in [-0.05, 0) is 12.1 Å². The van der Waals surface area contributed by atoms with Gasteiger partial charge in [0.15, 0.2) is 5.82 Å². The van der Waals surface area contributed by atoms with Gasteiger partial charge in [0.1, 0.15) is 12.6 Å². The minimum atomic E-state index is -5.13. The fraction of sp³-hybridized carbons (Fsp3) is 0.214. The Hall–Kier alpha value is -2.88. The molecular weight excluding hydrogens is 329 g/mol. The van der Waals surface area contributed by atoms with Crippen molar-refractivity contribution in [1.82, 2.24) is 9.78 Å². The number of carbonyl (C=O) groups is 2. The number of anilines is 1. The topological polar surface area (TPSA) is 99.2 Å². The van der Waals surface area contributed by atoms with E-state index in [0.29, 0.717) is 0 Å². The Morgan fingerprint density at radius 2 is 1.92 bits per heavy atom. The van der Waals surface area contributed by atoms with Crippen LogP contribution in [-0.4, -0.2) is 40.5 Å². The number of nitrogens with one attached hydrogen (secondary N) is 1. The molecule has 10 heteroatoms. The number of rotatable bonds is 5. The molecule has 0 saturated carbocycles. The quantitative estimate of drug-likeness (QED) is 0.797. The molecule has 128 valence electrons. The van der Waals surface area contributed by atoms with Crippen molar-refractivity contribution in [1.29, 1.82) is 0 Å². The molecule has 1 heterocycles. The molecule has 2 aromatic rings. The van der Waals surface area contributed by atoms with Crippen LogP contribution in [0.3, 0.4) is 0 Å². The van der Waals surface area contributed by atoms with E-state index in [2.05, 4.69) is 15.2 Å². The van der Waals surface area contributed by atoms with Crippen molar-refractivity contribution >= 4 is 17.7 Å². The summed E-state index contributed by atoms with van der Waals surface area (Å²) in [6.07, 6.45) is -3.55. The van der Waals surface area contributed by atoms with E-state index >= 15 is 0 Å². The number of hydrogen-bond acceptors (Lipinski definition) is 5. The number of alkyl halides is 3. The average molecular weight is 342 g/mol. The van der Waals surface area contributed by atoms with E-state index in [1.807, 2.05) is 6.07 Å². The van der Waals surface area contributed by atoms with Crippen LogP contribution in [0, 0.1) is 0 Å². The SMILES string of the molecule is N[C@H](COC(=O)C(F)(F)F)C(=O)Nc1ccn(-c2ccccc2)n1. The number of ether oxygens (including phenoxy) is 1. The van der Waals surface area contributed by atoms with Gasteiger partial charge in [0.2, 0.25) is 5.91 Å². The molecule has 0 saturated heterocycles.